The Morgan fingerprint density at radius 3 is 2.17 bits per heavy atom. The number of amides is 3. The maximum absolute atomic E-state index is 13.6. The molecule has 0 unspecified atom stereocenters. The molecule has 0 saturated heterocycles. The maximum Gasteiger partial charge on any atom is 0.305 e. The van der Waals surface area contributed by atoms with Crippen LogP contribution in [-0.2, 0) is 35.1 Å². The number of nitrogens with one attached hydrogen (secondary N) is 3. The second-order valence-electron chi connectivity index (χ2n) is 8.50. The van der Waals surface area contributed by atoms with E-state index < -0.39 is 22.7 Å². The van der Waals surface area contributed by atoms with Crippen molar-refractivity contribution in [1.29, 1.82) is 0 Å². The predicted molar refractivity (Wildman–Crippen MR) is 135 cm³/mol. The fraction of sp³-hybridized carbons (Fsp3) is 0.560. The number of esters is 1. The summed E-state index contributed by atoms with van der Waals surface area (Å²) in [6.07, 6.45) is 2.39. The zero-order valence-electron chi connectivity index (χ0n) is 21.1. The fourth-order valence-corrected chi connectivity index (χ4v) is 4.49. The molecule has 2 atom stereocenters. The minimum Gasteiger partial charge on any atom is -0.469 e. The Hall–Kier alpha value is -2.88. The lowest BCUT2D eigenvalue weighted by Crippen LogP contribution is -2.63. The molecule has 1 aromatic rings. The monoisotopic (exact) mass is 507 g/mol. The molecule has 1 rings (SSSR count). The Balaban J connectivity index is 3.00. The van der Waals surface area contributed by atoms with Crippen LogP contribution in [0.1, 0.15) is 58.4 Å². The van der Waals surface area contributed by atoms with Gasteiger partial charge in [0.25, 0.3) is 5.91 Å². The Morgan fingerprint density at radius 1 is 1.00 bits per heavy atom. The number of hydrogen-bond acceptors (Lipinski definition) is 7. The highest BCUT2D eigenvalue weighted by atomic mass is 32.2. The van der Waals surface area contributed by atoms with Gasteiger partial charge < -0.3 is 20.7 Å². The zero-order valence-corrected chi connectivity index (χ0v) is 22.0. The number of carbonyl (C=O) groups excluding carboxylic acids is 5. The third-order valence-corrected chi connectivity index (χ3v) is 6.81. The van der Waals surface area contributed by atoms with Crippen LogP contribution in [0.5, 0.6) is 0 Å². The molecule has 0 aliphatic carbocycles. The first-order valence-electron chi connectivity index (χ1n) is 11.7. The lowest BCUT2D eigenvalue weighted by atomic mass is 9.99. The third kappa shape index (κ3) is 10.1. The number of benzene rings is 1. The molecule has 3 N–H and O–H groups in total. The second-order valence-corrected chi connectivity index (χ2v) is 9.92. The summed E-state index contributed by atoms with van der Waals surface area (Å²) in [4.78, 5) is 60.6. The number of methoxy groups -OCH3 is 1. The van der Waals surface area contributed by atoms with Crippen molar-refractivity contribution >= 4 is 40.6 Å². The highest BCUT2D eigenvalue weighted by Gasteiger charge is 2.46. The van der Waals surface area contributed by atoms with Crippen LogP contribution < -0.4 is 16.0 Å². The minimum atomic E-state index is -1.59. The van der Waals surface area contributed by atoms with Crippen LogP contribution in [0.4, 0.5) is 0 Å². The van der Waals surface area contributed by atoms with Gasteiger partial charge in [0, 0.05) is 33.2 Å². The van der Waals surface area contributed by atoms with Gasteiger partial charge in [0.15, 0.2) is 9.99 Å². The van der Waals surface area contributed by atoms with Crippen molar-refractivity contribution in [2.24, 2.45) is 5.92 Å². The van der Waals surface area contributed by atoms with Crippen LogP contribution in [0.25, 0.3) is 0 Å². The number of ether oxygens (including phenoxy) is 1. The summed E-state index contributed by atoms with van der Waals surface area (Å²) in [6.45, 7) is 4.80. The predicted octanol–water partition coefficient (Wildman–Crippen LogP) is 2.33. The molecular weight excluding hydrogens is 470 g/mol. The quantitative estimate of drug-likeness (QED) is 0.200. The van der Waals surface area contributed by atoms with E-state index in [2.05, 4.69) is 20.7 Å². The average Bonchev–Trinajstić information content (AvgIpc) is 2.82. The molecule has 0 saturated carbocycles. The molecule has 0 radical (unpaired) electrons. The zero-order chi connectivity index (χ0) is 26.4. The van der Waals surface area contributed by atoms with Gasteiger partial charge in [0.2, 0.25) is 11.8 Å². The first kappa shape index (κ1) is 30.2. The molecule has 9 nitrogen and oxygen atoms in total. The molecular formula is C25H37N3O6S. The van der Waals surface area contributed by atoms with E-state index in [9.17, 15) is 24.0 Å². The maximum atomic E-state index is 13.6. The van der Waals surface area contributed by atoms with E-state index in [0.29, 0.717) is 19.3 Å². The van der Waals surface area contributed by atoms with Crippen LogP contribution in [0.3, 0.4) is 0 Å². The number of hydrogen-bond donors (Lipinski definition) is 3. The second kappa shape index (κ2) is 15.2. The highest BCUT2D eigenvalue weighted by Crippen LogP contribution is 2.32. The summed E-state index contributed by atoms with van der Waals surface area (Å²) in [5.74, 6) is -2.15. The SMILES string of the molecule is CNC(=O)[C@H](Cc1ccccc1)NC(=O)[C@](NC(=O)CCCCCC(=O)OC)(SC(C)=O)C(C)C. The minimum absolute atomic E-state index is 0.129. The van der Waals surface area contributed by atoms with Gasteiger partial charge in [-0.2, -0.15) is 0 Å². The number of thioether (sulfide) groups is 1. The lowest BCUT2D eigenvalue weighted by Gasteiger charge is -2.36. The molecule has 0 spiro atoms. The largest absolute Gasteiger partial charge is 0.469 e. The molecule has 0 aliphatic heterocycles. The van der Waals surface area contributed by atoms with Gasteiger partial charge in [-0.25, -0.2) is 0 Å². The van der Waals surface area contributed by atoms with Gasteiger partial charge in [0.05, 0.1) is 7.11 Å². The van der Waals surface area contributed by atoms with Crippen LogP contribution in [0, 0.1) is 5.92 Å². The van der Waals surface area contributed by atoms with E-state index in [0.717, 1.165) is 17.3 Å². The Labute approximate surface area is 211 Å². The highest BCUT2D eigenvalue weighted by molar-refractivity contribution is 8.15. The van der Waals surface area contributed by atoms with E-state index in [1.165, 1.54) is 21.1 Å². The molecule has 3 amide bonds. The summed E-state index contributed by atoms with van der Waals surface area (Å²) >= 11 is 0.734. The van der Waals surface area contributed by atoms with Crippen molar-refractivity contribution < 1.29 is 28.7 Å². The van der Waals surface area contributed by atoms with Crippen molar-refractivity contribution in [2.45, 2.75) is 70.2 Å². The van der Waals surface area contributed by atoms with Crippen molar-refractivity contribution in [1.82, 2.24) is 16.0 Å². The Kier molecular flexibility index (Phi) is 13.1. The lowest BCUT2D eigenvalue weighted by molar-refractivity contribution is -0.140. The number of likely N-dealkylation sites (N-methyl/N-ethyl adjacent to an activating group) is 1. The number of rotatable bonds is 14. The van der Waals surface area contributed by atoms with Gasteiger partial charge in [-0.1, -0.05) is 50.6 Å². The van der Waals surface area contributed by atoms with Gasteiger partial charge in [-0.05, 0) is 36.1 Å². The summed E-state index contributed by atoms with van der Waals surface area (Å²) < 4.78 is 4.60. The first-order valence-corrected chi connectivity index (χ1v) is 12.5. The molecule has 0 fully saturated rings. The van der Waals surface area contributed by atoms with E-state index in [1.54, 1.807) is 13.8 Å². The summed E-state index contributed by atoms with van der Waals surface area (Å²) in [5, 5.41) is 7.74. The van der Waals surface area contributed by atoms with Crippen molar-refractivity contribution in [3.8, 4) is 0 Å². The number of unbranched alkanes of at least 4 members (excludes halogenated alkanes) is 2. The van der Waals surface area contributed by atoms with Gasteiger partial charge in [-0.3, -0.25) is 24.0 Å². The molecule has 0 aliphatic rings. The fourth-order valence-electron chi connectivity index (χ4n) is 3.48. The average molecular weight is 508 g/mol. The van der Waals surface area contributed by atoms with Crippen molar-refractivity contribution in [3.05, 3.63) is 35.9 Å². The molecule has 0 heterocycles. The third-order valence-electron chi connectivity index (χ3n) is 5.44. The Morgan fingerprint density at radius 2 is 1.63 bits per heavy atom. The van der Waals surface area contributed by atoms with Crippen molar-refractivity contribution in [2.75, 3.05) is 14.2 Å². The van der Waals surface area contributed by atoms with Crippen LogP contribution in [0.2, 0.25) is 0 Å². The van der Waals surface area contributed by atoms with Crippen LogP contribution in [0.15, 0.2) is 30.3 Å². The standard InChI is InChI=1S/C25H37N3O6S/c1-17(2)25(35-18(3)29,28-21(30)14-10-7-11-15-22(31)34-5)24(33)27-20(23(32)26-4)16-19-12-8-6-9-13-19/h6,8-9,12-13,17,20H,7,10-11,14-16H2,1-5H3,(H,26,32)(H,27,33)(H,28,30)/t20-,25+/m0/s1. The summed E-state index contributed by atoms with van der Waals surface area (Å²) in [5.41, 5.74) is 0.853. The van der Waals surface area contributed by atoms with E-state index in [1.807, 2.05) is 30.3 Å². The topological polar surface area (TPSA) is 131 Å². The summed E-state index contributed by atoms with van der Waals surface area (Å²) in [6, 6.07) is 8.35. The normalized spacial score (nSPS) is 13.3. The van der Waals surface area contributed by atoms with Gasteiger partial charge >= 0.3 is 5.97 Å². The molecule has 1 aromatic carbocycles. The first-order chi connectivity index (χ1) is 16.5. The summed E-state index contributed by atoms with van der Waals surface area (Å²) in [7, 11) is 2.81. The van der Waals surface area contributed by atoms with Gasteiger partial charge in [-0.15, -0.1) is 0 Å². The molecule has 35 heavy (non-hydrogen) atoms. The van der Waals surface area contributed by atoms with Crippen LogP contribution in [-0.4, -0.2) is 53.9 Å². The number of carbonyl (C=O) groups is 5. The van der Waals surface area contributed by atoms with Crippen molar-refractivity contribution in [3.63, 3.8) is 0 Å². The van der Waals surface area contributed by atoms with Crippen LogP contribution >= 0.6 is 11.8 Å². The van der Waals surface area contributed by atoms with E-state index >= 15 is 0 Å². The molecule has 10 heteroatoms. The molecule has 194 valence electrons. The Bertz CT molecular complexity index is 877. The molecule has 0 aromatic heterocycles. The molecule has 0 bridgehead atoms. The smallest absolute Gasteiger partial charge is 0.305 e. The van der Waals surface area contributed by atoms with Gasteiger partial charge in [0.1, 0.15) is 6.04 Å². The van der Waals surface area contributed by atoms with E-state index in [-0.39, 0.29) is 42.2 Å². The van der Waals surface area contributed by atoms with E-state index in [4.69, 9.17) is 0 Å².